The summed E-state index contributed by atoms with van der Waals surface area (Å²) in [5.41, 5.74) is -0.795. The normalized spacial score (nSPS) is 12.6. The molecule has 17 heavy (non-hydrogen) atoms. The van der Waals surface area contributed by atoms with Crippen LogP contribution in [0.1, 0.15) is 26.3 Å². The Kier molecular flexibility index (Phi) is 3.49. The SMILES string of the molecule is CC(C)(C)OC(=O)n1cc(CC(F)(F)F)cn1. The van der Waals surface area contributed by atoms with Gasteiger partial charge in [-0.2, -0.15) is 23.0 Å². The van der Waals surface area contributed by atoms with E-state index in [1.807, 2.05) is 0 Å². The molecule has 0 bridgehead atoms. The molecule has 1 rings (SSSR count). The maximum absolute atomic E-state index is 12.1. The highest BCUT2D eigenvalue weighted by Gasteiger charge is 2.29. The van der Waals surface area contributed by atoms with Crippen molar-refractivity contribution in [3.8, 4) is 0 Å². The van der Waals surface area contributed by atoms with Crippen molar-refractivity contribution in [2.45, 2.75) is 39.0 Å². The molecule has 4 nitrogen and oxygen atoms in total. The third-order valence-electron chi connectivity index (χ3n) is 1.62. The lowest BCUT2D eigenvalue weighted by Gasteiger charge is -2.18. The number of hydrogen-bond acceptors (Lipinski definition) is 3. The molecular weight excluding hydrogens is 237 g/mol. The Morgan fingerprint density at radius 3 is 2.47 bits per heavy atom. The Labute approximate surface area is 96.4 Å². The first-order valence-corrected chi connectivity index (χ1v) is 4.90. The lowest BCUT2D eigenvalue weighted by molar-refractivity contribution is -0.127. The first-order chi connectivity index (χ1) is 7.57. The minimum Gasteiger partial charge on any atom is -0.442 e. The summed E-state index contributed by atoms with van der Waals surface area (Å²) in [6.07, 6.45) is -4.22. The summed E-state index contributed by atoms with van der Waals surface area (Å²) in [5, 5.41) is 3.53. The Hall–Kier alpha value is -1.53. The van der Waals surface area contributed by atoms with E-state index in [1.54, 1.807) is 20.8 Å². The van der Waals surface area contributed by atoms with Gasteiger partial charge in [0.15, 0.2) is 0 Å². The van der Waals surface area contributed by atoms with Crippen LogP contribution >= 0.6 is 0 Å². The second kappa shape index (κ2) is 4.38. The van der Waals surface area contributed by atoms with Gasteiger partial charge in [0.05, 0.1) is 12.6 Å². The number of alkyl halides is 3. The van der Waals surface area contributed by atoms with Crippen LogP contribution in [0, 0.1) is 0 Å². The van der Waals surface area contributed by atoms with E-state index in [1.165, 1.54) is 0 Å². The Bertz CT molecular complexity index is 404. The minimum atomic E-state index is -4.32. The van der Waals surface area contributed by atoms with Crippen molar-refractivity contribution in [1.29, 1.82) is 0 Å². The van der Waals surface area contributed by atoms with E-state index in [2.05, 4.69) is 5.10 Å². The number of aromatic nitrogens is 2. The zero-order valence-electron chi connectivity index (χ0n) is 9.71. The zero-order chi connectivity index (χ0) is 13.3. The molecular formula is C10H13F3N2O2. The Morgan fingerprint density at radius 2 is 2.00 bits per heavy atom. The number of carbonyl (C=O) groups is 1. The lowest BCUT2D eigenvalue weighted by Crippen LogP contribution is -2.27. The van der Waals surface area contributed by atoms with Crippen LogP contribution < -0.4 is 0 Å². The Balaban J connectivity index is 2.72. The highest BCUT2D eigenvalue weighted by molar-refractivity contribution is 5.69. The third-order valence-corrected chi connectivity index (χ3v) is 1.62. The standard InChI is InChI=1S/C10H13F3N2O2/c1-9(2,3)17-8(16)15-6-7(5-14-15)4-10(11,12)13/h5-6H,4H2,1-3H3. The predicted octanol–water partition coefficient (Wildman–Crippen LogP) is 2.77. The molecule has 1 aromatic heterocycles. The van der Waals surface area contributed by atoms with Gasteiger partial charge in [0.25, 0.3) is 0 Å². The molecule has 0 aromatic carbocycles. The molecule has 1 heterocycles. The molecule has 0 saturated carbocycles. The predicted molar refractivity (Wildman–Crippen MR) is 53.6 cm³/mol. The van der Waals surface area contributed by atoms with Crippen molar-refractivity contribution in [2.75, 3.05) is 0 Å². The first-order valence-electron chi connectivity index (χ1n) is 4.90. The topological polar surface area (TPSA) is 44.1 Å². The van der Waals surface area contributed by atoms with Crippen molar-refractivity contribution < 1.29 is 22.7 Å². The molecule has 0 atom stereocenters. The highest BCUT2D eigenvalue weighted by atomic mass is 19.4. The largest absolute Gasteiger partial charge is 0.442 e. The molecule has 0 saturated heterocycles. The summed E-state index contributed by atoms with van der Waals surface area (Å²) in [6, 6.07) is 0. The summed E-state index contributed by atoms with van der Waals surface area (Å²) in [4.78, 5) is 11.4. The summed E-state index contributed by atoms with van der Waals surface area (Å²) >= 11 is 0. The van der Waals surface area contributed by atoms with Crippen LogP contribution in [0.25, 0.3) is 0 Å². The first kappa shape index (κ1) is 13.5. The maximum Gasteiger partial charge on any atom is 0.435 e. The van der Waals surface area contributed by atoms with Crippen molar-refractivity contribution in [2.24, 2.45) is 0 Å². The molecule has 0 aliphatic heterocycles. The molecule has 0 radical (unpaired) electrons. The number of ether oxygens (including phenoxy) is 1. The molecule has 0 fully saturated rings. The van der Waals surface area contributed by atoms with Crippen LogP contribution in [0.3, 0.4) is 0 Å². The van der Waals surface area contributed by atoms with Crippen LogP contribution in [0.5, 0.6) is 0 Å². The van der Waals surface area contributed by atoms with E-state index < -0.39 is 24.3 Å². The average Bonchev–Trinajstić information content (AvgIpc) is 2.45. The molecule has 0 N–H and O–H groups in total. The summed E-state index contributed by atoms with van der Waals surface area (Å²) in [5.74, 6) is 0. The highest BCUT2D eigenvalue weighted by Crippen LogP contribution is 2.20. The van der Waals surface area contributed by atoms with Gasteiger partial charge >= 0.3 is 12.3 Å². The second-order valence-electron chi connectivity index (χ2n) is 4.57. The van der Waals surface area contributed by atoms with Gasteiger partial charge < -0.3 is 4.74 Å². The number of rotatable bonds is 1. The fraction of sp³-hybridized carbons (Fsp3) is 0.600. The third kappa shape index (κ3) is 4.88. The van der Waals surface area contributed by atoms with Crippen LogP contribution in [-0.2, 0) is 11.2 Å². The molecule has 0 amide bonds. The van der Waals surface area contributed by atoms with Crippen LogP contribution in [0.4, 0.5) is 18.0 Å². The smallest absolute Gasteiger partial charge is 0.435 e. The lowest BCUT2D eigenvalue weighted by atomic mass is 10.2. The van der Waals surface area contributed by atoms with Crippen molar-refractivity contribution in [3.05, 3.63) is 18.0 Å². The van der Waals surface area contributed by atoms with Gasteiger partial charge in [-0.15, -0.1) is 0 Å². The van der Waals surface area contributed by atoms with E-state index in [-0.39, 0.29) is 5.56 Å². The van der Waals surface area contributed by atoms with E-state index in [4.69, 9.17) is 4.74 Å². The van der Waals surface area contributed by atoms with Gasteiger partial charge in [0.2, 0.25) is 0 Å². The molecule has 7 heteroatoms. The molecule has 96 valence electrons. The Morgan fingerprint density at radius 1 is 1.41 bits per heavy atom. The minimum absolute atomic E-state index is 0.0802. The molecule has 0 aliphatic carbocycles. The van der Waals surface area contributed by atoms with Gasteiger partial charge in [-0.25, -0.2) is 4.79 Å². The molecule has 0 unspecified atom stereocenters. The summed E-state index contributed by atoms with van der Waals surface area (Å²) in [7, 11) is 0. The van der Waals surface area contributed by atoms with Gasteiger partial charge in [-0.3, -0.25) is 0 Å². The quantitative estimate of drug-likeness (QED) is 0.769. The van der Waals surface area contributed by atoms with Gasteiger partial charge in [0.1, 0.15) is 5.60 Å². The van der Waals surface area contributed by atoms with Crippen molar-refractivity contribution >= 4 is 6.09 Å². The van der Waals surface area contributed by atoms with Crippen LogP contribution in [-0.4, -0.2) is 27.7 Å². The monoisotopic (exact) mass is 250 g/mol. The van der Waals surface area contributed by atoms with Gasteiger partial charge in [-0.1, -0.05) is 0 Å². The fourth-order valence-corrected chi connectivity index (χ4v) is 1.09. The van der Waals surface area contributed by atoms with Gasteiger partial charge in [0, 0.05) is 6.20 Å². The number of hydrogen-bond donors (Lipinski definition) is 0. The van der Waals surface area contributed by atoms with Crippen LogP contribution in [0.15, 0.2) is 12.4 Å². The number of carbonyl (C=O) groups excluding carboxylic acids is 1. The molecule has 0 spiro atoms. The van der Waals surface area contributed by atoms with Crippen molar-refractivity contribution in [3.63, 3.8) is 0 Å². The summed E-state index contributed by atoms with van der Waals surface area (Å²) in [6.45, 7) is 4.97. The summed E-state index contributed by atoms with van der Waals surface area (Å²) < 4.78 is 41.9. The van der Waals surface area contributed by atoms with Crippen molar-refractivity contribution in [1.82, 2.24) is 9.78 Å². The van der Waals surface area contributed by atoms with E-state index in [0.29, 0.717) is 0 Å². The van der Waals surface area contributed by atoms with E-state index >= 15 is 0 Å². The van der Waals surface area contributed by atoms with Crippen LogP contribution in [0.2, 0.25) is 0 Å². The molecule has 1 aromatic rings. The fourth-order valence-electron chi connectivity index (χ4n) is 1.09. The van der Waals surface area contributed by atoms with E-state index in [0.717, 1.165) is 17.1 Å². The van der Waals surface area contributed by atoms with Gasteiger partial charge in [-0.05, 0) is 26.3 Å². The second-order valence-corrected chi connectivity index (χ2v) is 4.57. The number of nitrogens with zero attached hydrogens (tertiary/aromatic N) is 2. The zero-order valence-corrected chi connectivity index (χ0v) is 9.71. The average molecular weight is 250 g/mol. The maximum atomic E-state index is 12.1. The van der Waals surface area contributed by atoms with E-state index in [9.17, 15) is 18.0 Å². The molecule has 0 aliphatic rings. The number of halogens is 3.